The topological polar surface area (TPSA) is 81.9 Å². The van der Waals surface area contributed by atoms with Crippen LogP contribution >= 0.6 is 11.6 Å². The van der Waals surface area contributed by atoms with Gasteiger partial charge in [0.25, 0.3) is 0 Å². The van der Waals surface area contributed by atoms with Gasteiger partial charge in [-0.25, -0.2) is 4.68 Å². The lowest BCUT2D eigenvalue weighted by Gasteiger charge is -2.08. The van der Waals surface area contributed by atoms with E-state index in [-0.39, 0.29) is 19.1 Å². The highest BCUT2D eigenvalue weighted by atomic mass is 35.5. The summed E-state index contributed by atoms with van der Waals surface area (Å²) >= 11 is 5.83. The van der Waals surface area contributed by atoms with Crippen LogP contribution < -0.4 is 10.1 Å². The molecule has 3 aromatic rings. The zero-order valence-electron chi connectivity index (χ0n) is 13.3. The first kappa shape index (κ1) is 16.9. The van der Waals surface area contributed by atoms with Crippen LogP contribution in [0.3, 0.4) is 0 Å². The van der Waals surface area contributed by atoms with E-state index in [0.29, 0.717) is 23.1 Å². The molecule has 0 bridgehead atoms. The van der Waals surface area contributed by atoms with Crippen molar-refractivity contribution in [2.75, 3.05) is 0 Å². The SMILES string of the molecule is O=C(Cn1nnnc1COc1ccc(Cl)cc1)NCc1ccccc1. The first-order valence-corrected chi connectivity index (χ1v) is 8.02. The fraction of sp³-hybridized carbons (Fsp3) is 0.176. The number of carbonyl (C=O) groups excluding carboxylic acids is 1. The number of carbonyl (C=O) groups is 1. The van der Waals surface area contributed by atoms with E-state index >= 15 is 0 Å². The molecule has 8 heteroatoms. The van der Waals surface area contributed by atoms with Crippen LogP contribution in [0.25, 0.3) is 0 Å². The summed E-state index contributed by atoms with van der Waals surface area (Å²) in [6.07, 6.45) is 0. The second kappa shape index (κ2) is 8.25. The fourth-order valence-corrected chi connectivity index (χ4v) is 2.24. The van der Waals surface area contributed by atoms with E-state index in [9.17, 15) is 4.79 Å². The molecule has 1 amide bonds. The molecule has 7 nitrogen and oxygen atoms in total. The van der Waals surface area contributed by atoms with E-state index in [1.165, 1.54) is 4.68 Å². The molecule has 0 atom stereocenters. The molecular weight excluding hydrogens is 342 g/mol. The summed E-state index contributed by atoms with van der Waals surface area (Å²) in [5, 5.41) is 14.8. The molecule has 0 radical (unpaired) electrons. The molecule has 3 rings (SSSR count). The van der Waals surface area contributed by atoms with E-state index in [4.69, 9.17) is 16.3 Å². The van der Waals surface area contributed by atoms with Crippen molar-refractivity contribution < 1.29 is 9.53 Å². The van der Waals surface area contributed by atoms with Gasteiger partial charge < -0.3 is 10.1 Å². The molecule has 0 aliphatic rings. The lowest BCUT2D eigenvalue weighted by atomic mass is 10.2. The van der Waals surface area contributed by atoms with Crippen LogP contribution in [-0.4, -0.2) is 26.1 Å². The molecule has 0 spiro atoms. The van der Waals surface area contributed by atoms with Crippen LogP contribution in [0.15, 0.2) is 54.6 Å². The molecule has 0 unspecified atom stereocenters. The summed E-state index contributed by atoms with van der Waals surface area (Å²) in [6.45, 7) is 0.637. The van der Waals surface area contributed by atoms with Crippen molar-refractivity contribution in [3.8, 4) is 5.75 Å². The number of hydrogen-bond donors (Lipinski definition) is 1. The highest BCUT2D eigenvalue weighted by Gasteiger charge is 2.11. The van der Waals surface area contributed by atoms with Gasteiger partial charge in [-0.3, -0.25) is 4.79 Å². The van der Waals surface area contributed by atoms with Crippen molar-refractivity contribution in [1.82, 2.24) is 25.5 Å². The number of benzene rings is 2. The normalized spacial score (nSPS) is 10.4. The summed E-state index contributed by atoms with van der Waals surface area (Å²) in [5.74, 6) is 0.932. The fourth-order valence-electron chi connectivity index (χ4n) is 2.12. The van der Waals surface area contributed by atoms with Crippen LogP contribution in [0.5, 0.6) is 5.75 Å². The van der Waals surface area contributed by atoms with Crippen molar-refractivity contribution in [2.24, 2.45) is 0 Å². The van der Waals surface area contributed by atoms with E-state index in [1.807, 2.05) is 30.3 Å². The second-order valence-electron chi connectivity index (χ2n) is 5.26. The number of nitrogens with one attached hydrogen (secondary N) is 1. The van der Waals surface area contributed by atoms with Crippen LogP contribution in [0.4, 0.5) is 0 Å². The maximum absolute atomic E-state index is 12.1. The molecule has 0 aliphatic carbocycles. The first-order valence-electron chi connectivity index (χ1n) is 7.65. The highest BCUT2D eigenvalue weighted by Crippen LogP contribution is 2.16. The quantitative estimate of drug-likeness (QED) is 0.701. The smallest absolute Gasteiger partial charge is 0.242 e. The van der Waals surface area contributed by atoms with Crippen LogP contribution in [0.2, 0.25) is 5.02 Å². The Morgan fingerprint density at radius 2 is 1.88 bits per heavy atom. The van der Waals surface area contributed by atoms with Crippen molar-refractivity contribution in [3.63, 3.8) is 0 Å². The Bertz CT molecular complexity index is 821. The zero-order valence-corrected chi connectivity index (χ0v) is 14.1. The summed E-state index contributed by atoms with van der Waals surface area (Å²) in [4.78, 5) is 12.1. The Balaban J connectivity index is 1.52. The monoisotopic (exact) mass is 357 g/mol. The molecule has 0 saturated heterocycles. The Labute approximate surface area is 149 Å². The number of halogens is 1. The Hall–Kier alpha value is -2.93. The van der Waals surface area contributed by atoms with Gasteiger partial charge in [-0.2, -0.15) is 0 Å². The average Bonchev–Trinajstić information content (AvgIpc) is 3.07. The largest absolute Gasteiger partial charge is 0.486 e. The van der Waals surface area contributed by atoms with Gasteiger partial charge in [-0.15, -0.1) is 5.10 Å². The second-order valence-corrected chi connectivity index (χ2v) is 5.69. The molecule has 0 saturated carbocycles. The number of rotatable bonds is 7. The van der Waals surface area contributed by atoms with Gasteiger partial charge in [-0.05, 0) is 40.3 Å². The number of hydrogen-bond acceptors (Lipinski definition) is 5. The van der Waals surface area contributed by atoms with Gasteiger partial charge >= 0.3 is 0 Å². The number of aromatic nitrogens is 4. The van der Waals surface area contributed by atoms with E-state index in [0.717, 1.165) is 5.56 Å². The summed E-state index contributed by atoms with van der Waals surface area (Å²) < 4.78 is 7.02. The summed E-state index contributed by atoms with van der Waals surface area (Å²) in [6, 6.07) is 16.6. The van der Waals surface area contributed by atoms with E-state index in [1.54, 1.807) is 24.3 Å². The molecule has 1 heterocycles. The third-order valence-electron chi connectivity index (χ3n) is 3.41. The predicted octanol–water partition coefficient (Wildman–Crippen LogP) is 2.22. The molecule has 25 heavy (non-hydrogen) atoms. The van der Waals surface area contributed by atoms with Crippen molar-refractivity contribution in [2.45, 2.75) is 19.7 Å². The Morgan fingerprint density at radius 3 is 2.64 bits per heavy atom. The lowest BCUT2D eigenvalue weighted by molar-refractivity contribution is -0.122. The minimum absolute atomic E-state index is 0.0269. The molecule has 2 aromatic carbocycles. The molecular formula is C17H16ClN5O2. The predicted molar refractivity (Wildman–Crippen MR) is 91.9 cm³/mol. The van der Waals surface area contributed by atoms with Gasteiger partial charge in [0, 0.05) is 11.6 Å². The van der Waals surface area contributed by atoms with Gasteiger partial charge in [0.05, 0.1) is 0 Å². The van der Waals surface area contributed by atoms with Crippen molar-refractivity contribution >= 4 is 17.5 Å². The van der Waals surface area contributed by atoms with Gasteiger partial charge in [0.1, 0.15) is 18.9 Å². The minimum atomic E-state index is -0.177. The van der Waals surface area contributed by atoms with Gasteiger partial charge in [-0.1, -0.05) is 41.9 Å². The summed E-state index contributed by atoms with van der Waals surface area (Å²) in [7, 11) is 0. The lowest BCUT2D eigenvalue weighted by Crippen LogP contribution is -2.28. The van der Waals surface area contributed by atoms with Crippen LogP contribution in [0.1, 0.15) is 11.4 Å². The maximum atomic E-state index is 12.1. The van der Waals surface area contributed by atoms with Gasteiger partial charge in [0.2, 0.25) is 5.91 Å². The molecule has 128 valence electrons. The number of ether oxygens (including phenoxy) is 1. The Kier molecular flexibility index (Phi) is 5.58. The third-order valence-corrected chi connectivity index (χ3v) is 3.67. The minimum Gasteiger partial charge on any atom is -0.486 e. The van der Waals surface area contributed by atoms with Crippen LogP contribution in [0, 0.1) is 0 Å². The van der Waals surface area contributed by atoms with E-state index in [2.05, 4.69) is 20.8 Å². The number of nitrogens with zero attached hydrogens (tertiary/aromatic N) is 4. The number of tetrazole rings is 1. The van der Waals surface area contributed by atoms with Crippen molar-refractivity contribution in [3.05, 3.63) is 71.0 Å². The van der Waals surface area contributed by atoms with Crippen molar-refractivity contribution in [1.29, 1.82) is 0 Å². The van der Waals surface area contributed by atoms with E-state index < -0.39 is 0 Å². The summed E-state index contributed by atoms with van der Waals surface area (Å²) in [5.41, 5.74) is 1.03. The first-order chi connectivity index (χ1) is 12.2. The molecule has 1 N–H and O–H groups in total. The number of amides is 1. The molecule has 1 aromatic heterocycles. The highest BCUT2D eigenvalue weighted by molar-refractivity contribution is 6.30. The third kappa shape index (κ3) is 5.02. The average molecular weight is 358 g/mol. The van der Waals surface area contributed by atoms with Gasteiger partial charge in [0.15, 0.2) is 5.82 Å². The Morgan fingerprint density at radius 1 is 1.12 bits per heavy atom. The zero-order chi connectivity index (χ0) is 17.5. The molecule has 0 aliphatic heterocycles. The standard InChI is InChI=1S/C17H16ClN5O2/c18-14-6-8-15(9-7-14)25-12-16-20-21-22-23(16)11-17(24)19-10-13-4-2-1-3-5-13/h1-9H,10-12H2,(H,19,24). The van der Waals surface area contributed by atoms with Crippen LogP contribution in [-0.2, 0) is 24.5 Å². The maximum Gasteiger partial charge on any atom is 0.242 e. The molecule has 0 fully saturated rings.